The first-order chi connectivity index (χ1) is 43.5. The highest BCUT2D eigenvalue weighted by Gasteiger charge is 2.45. The topological polar surface area (TPSA) is 262 Å². The Morgan fingerprint density at radius 2 is 1.40 bits per heavy atom. The maximum Gasteiger partial charge on any atom is 0.330 e. The third-order valence-corrected chi connectivity index (χ3v) is 16.9. The average Bonchev–Trinajstić information content (AvgIpc) is 1.39. The quantitative estimate of drug-likeness (QED) is 0.109. The number of ketones is 2. The Balaban J connectivity index is 1.35. The van der Waals surface area contributed by atoms with Gasteiger partial charge in [-0.05, 0) is 139 Å². The number of amides is 6. The Hall–Kier alpha value is -8.43. The normalized spacial score (nSPS) is 23.0. The van der Waals surface area contributed by atoms with Crippen molar-refractivity contribution in [2.24, 2.45) is 17.3 Å². The number of aryl methyl sites for hydroxylation is 1. The van der Waals surface area contributed by atoms with Crippen molar-refractivity contribution in [3.8, 4) is 11.5 Å². The zero-order valence-electron chi connectivity index (χ0n) is 55.6. The minimum Gasteiger partial charge on any atom is -0.493 e. The molecule has 22 nitrogen and oxygen atoms in total. The molecule has 0 spiro atoms. The van der Waals surface area contributed by atoms with Crippen LogP contribution >= 0.6 is 0 Å². The fourth-order valence-corrected chi connectivity index (χ4v) is 11.8. The molecular weight excluding hydrogens is 1180 g/mol. The van der Waals surface area contributed by atoms with Crippen LogP contribution in [-0.2, 0) is 79.8 Å². The molecule has 92 heavy (non-hydrogen) atoms. The predicted octanol–water partition coefficient (Wildman–Crippen LogP) is 7.82. The number of carbonyl (C=O) groups is 11. The van der Waals surface area contributed by atoms with Crippen LogP contribution in [0.4, 0.5) is 5.69 Å². The number of nitrogens with zero attached hydrogens (tertiary/aromatic N) is 5. The first-order valence-electron chi connectivity index (χ1n) is 31.9. The number of likely N-dealkylation sites (N-methyl/N-ethyl adjacent to an activating group) is 3. The molecule has 2 saturated heterocycles. The summed E-state index contributed by atoms with van der Waals surface area (Å²) >= 11 is 0. The van der Waals surface area contributed by atoms with E-state index in [0.717, 1.165) is 5.56 Å². The van der Waals surface area contributed by atoms with Crippen molar-refractivity contribution in [2.45, 2.75) is 174 Å². The van der Waals surface area contributed by atoms with Gasteiger partial charge in [0.15, 0.2) is 11.5 Å². The van der Waals surface area contributed by atoms with Gasteiger partial charge in [0, 0.05) is 78.2 Å². The summed E-state index contributed by atoms with van der Waals surface area (Å²) < 4.78 is 28.5. The second kappa shape index (κ2) is 33.2. The van der Waals surface area contributed by atoms with Gasteiger partial charge in [-0.1, -0.05) is 68.5 Å². The van der Waals surface area contributed by atoms with Gasteiger partial charge >= 0.3 is 17.9 Å². The molecule has 3 aromatic carbocycles. The minimum absolute atomic E-state index is 0.00787. The van der Waals surface area contributed by atoms with Crippen LogP contribution < -0.4 is 14.8 Å². The van der Waals surface area contributed by atoms with Crippen molar-refractivity contribution in [3.63, 3.8) is 0 Å². The Morgan fingerprint density at radius 3 is 2.09 bits per heavy atom. The van der Waals surface area contributed by atoms with Gasteiger partial charge in [0.05, 0.1) is 32.0 Å². The first-order valence-corrected chi connectivity index (χ1v) is 31.9. The van der Waals surface area contributed by atoms with Gasteiger partial charge in [-0.3, -0.25) is 43.2 Å². The smallest absolute Gasteiger partial charge is 0.330 e. The number of cyclic esters (lactones) is 2. The summed E-state index contributed by atoms with van der Waals surface area (Å²) in [6, 6.07) is 16.7. The number of hydrogen-bond acceptors (Lipinski definition) is 16. The number of nitrogens with one attached hydrogen (secondary N) is 1. The minimum atomic E-state index is -1.52. The maximum atomic E-state index is 15.2. The van der Waals surface area contributed by atoms with Crippen molar-refractivity contribution in [3.05, 3.63) is 102 Å². The second-order valence-electron chi connectivity index (χ2n) is 26.3. The molecule has 3 aliphatic rings. The largest absolute Gasteiger partial charge is 0.493 e. The molecule has 1 N–H and O–H groups in total. The molecule has 3 aliphatic heterocycles. The van der Waals surface area contributed by atoms with Gasteiger partial charge in [0.1, 0.15) is 48.3 Å². The maximum absolute atomic E-state index is 15.2. The SMILES string of the molecule is COc1ccc(CC[C@H]2OC(=O)[C@@H]3CCCCN3C(=O)C(=O)C(C)(C)COC(=O)C=CCCN(C)C(=O)[C@H](CC(C)C)N(C)C(=O)[C@H]3CCCN3C(=O)[C@H](Cc3ccccc3)N(C)C(=O)[C@H](CC(=O)OC(C)(C)C)CC(=O)CCC(=O)Nc3cccc2c3)cc1OC. The van der Waals surface area contributed by atoms with Crippen LogP contribution in [0.2, 0.25) is 0 Å². The van der Waals surface area contributed by atoms with Crippen molar-refractivity contribution in [1.29, 1.82) is 0 Å². The van der Waals surface area contributed by atoms with Crippen molar-refractivity contribution in [1.82, 2.24) is 24.5 Å². The van der Waals surface area contributed by atoms with Crippen LogP contribution in [0.5, 0.6) is 11.5 Å². The number of methoxy groups -OCH3 is 2. The number of ether oxygens (including phenoxy) is 5. The van der Waals surface area contributed by atoms with Gasteiger partial charge in [0.25, 0.3) is 5.91 Å². The summed E-state index contributed by atoms with van der Waals surface area (Å²) in [5.74, 6) is -7.72. The number of rotatable bonds is 11. The van der Waals surface area contributed by atoms with Crippen LogP contribution in [0, 0.1) is 17.3 Å². The molecule has 3 aromatic rings. The zero-order chi connectivity index (χ0) is 67.6. The number of anilines is 1. The second-order valence-corrected chi connectivity index (χ2v) is 26.3. The lowest BCUT2D eigenvalue weighted by Gasteiger charge is -2.37. The number of benzene rings is 3. The van der Waals surface area contributed by atoms with E-state index in [0.29, 0.717) is 54.0 Å². The molecule has 6 rings (SSSR count). The van der Waals surface area contributed by atoms with E-state index in [4.69, 9.17) is 23.7 Å². The van der Waals surface area contributed by atoms with Crippen LogP contribution in [0.15, 0.2) is 84.9 Å². The Morgan fingerprint density at radius 1 is 0.717 bits per heavy atom. The lowest BCUT2D eigenvalue weighted by Crippen LogP contribution is -2.58. The third kappa shape index (κ3) is 20.3. The van der Waals surface area contributed by atoms with Gasteiger partial charge in [-0.15, -0.1) is 0 Å². The first kappa shape index (κ1) is 72.6. The predicted molar refractivity (Wildman–Crippen MR) is 343 cm³/mol. The molecule has 6 amide bonds. The van der Waals surface area contributed by atoms with Crippen LogP contribution in [0.3, 0.4) is 0 Å². The fourth-order valence-electron chi connectivity index (χ4n) is 11.8. The molecular formula is C70H94N6O16. The van der Waals surface area contributed by atoms with E-state index in [2.05, 4.69) is 5.32 Å². The van der Waals surface area contributed by atoms with E-state index in [-0.39, 0.29) is 82.8 Å². The Labute approximate surface area is 541 Å². The zero-order valence-corrected chi connectivity index (χ0v) is 55.6. The molecule has 0 aromatic heterocycles. The average molecular weight is 1280 g/mol. The molecule has 0 aliphatic carbocycles. The van der Waals surface area contributed by atoms with E-state index >= 15 is 9.59 Å². The number of fused-ring (bicyclic) bond motifs is 4. The van der Waals surface area contributed by atoms with E-state index in [1.54, 1.807) is 88.5 Å². The Bertz CT molecular complexity index is 3170. The molecule has 22 heteroatoms. The molecule has 2 fully saturated rings. The summed E-state index contributed by atoms with van der Waals surface area (Å²) in [7, 11) is 7.58. The highest BCUT2D eigenvalue weighted by Crippen LogP contribution is 2.34. The lowest BCUT2D eigenvalue weighted by molar-refractivity contribution is -0.165. The van der Waals surface area contributed by atoms with Crippen molar-refractivity contribution in [2.75, 3.05) is 66.9 Å². The lowest BCUT2D eigenvalue weighted by atomic mass is 9.87. The molecule has 2 bridgehead atoms. The Kier molecular flexibility index (Phi) is 26.2. The van der Waals surface area contributed by atoms with Crippen LogP contribution in [0.25, 0.3) is 0 Å². The van der Waals surface area contributed by atoms with Crippen molar-refractivity contribution >= 4 is 70.6 Å². The van der Waals surface area contributed by atoms with Crippen molar-refractivity contribution < 1.29 is 76.4 Å². The van der Waals surface area contributed by atoms with Crippen LogP contribution in [-0.4, -0.2) is 181 Å². The standard InChI is InChI=1S/C70H94N6O16/c1-45(2)38-54-64(83)72(8)35-18-17-28-60(79)90-44-70(6,7)62(81)67(86)76-36-19-16-26-53(76)68(87)91-56(32-29-47-30-33-57(88-11)58(40-47)89-12)48-24-20-25-50(41-48)71-59(78)34-31-51(77)42-49(43-61(80)92-69(3,4)5)63(82)73(9)55(39-46-22-14-13-15-23-46)66(85)75-37-21-27-52(75)65(84)74(54)10/h13-15,17,20,22-25,28,30,33,40-41,45,49,52-56H,16,18-19,21,26-27,29,31-32,34-39,42-44H2,1-12H3,(H,71,78)/t49-,52+,53-,54-,55-,56+/m0/s1. The summed E-state index contributed by atoms with van der Waals surface area (Å²) in [4.78, 5) is 164. The van der Waals surface area contributed by atoms with E-state index in [1.165, 1.54) is 78.8 Å². The molecule has 6 atom stereocenters. The van der Waals surface area contributed by atoms with E-state index < -0.39 is 126 Å². The number of carbonyl (C=O) groups excluding carboxylic acids is 11. The molecule has 0 radical (unpaired) electrons. The van der Waals surface area contributed by atoms with Crippen LogP contribution in [0.1, 0.15) is 148 Å². The molecule has 500 valence electrons. The highest BCUT2D eigenvalue weighted by molar-refractivity contribution is 6.38. The third-order valence-electron chi connectivity index (χ3n) is 16.9. The molecule has 3 heterocycles. The number of piperidine rings is 1. The van der Waals surface area contributed by atoms with E-state index in [9.17, 15) is 43.2 Å². The summed E-state index contributed by atoms with van der Waals surface area (Å²) in [5.41, 5.74) is -0.191. The number of hydrogen-bond donors (Lipinski definition) is 1. The number of Topliss-reactive ketones (excluding diaryl/α,β-unsaturated/α-hetero) is 2. The van der Waals surface area contributed by atoms with E-state index in [1.807, 2.05) is 26.0 Å². The molecule has 0 unspecified atom stereocenters. The highest BCUT2D eigenvalue weighted by atomic mass is 16.6. The summed E-state index contributed by atoms with van der Waals surface area (Å²) in [6.07, 6.45) is 3.05. The monoisotopic (exact) mass is 1270 g/mol. The summed E-state index contributed by atoms with van der Waals surface area (Å²) in [5, 5.41) is 2.83. The van der Waals surface area contributed by atoms with Gasteiger partial charge in [0.2, 0.25) is 35.3 Å². The number of esters is 3. The fraction of sp³-hybridized carbons (Fsp3) is 0.557. The summed E-state index contributed by atoms with van der Waals surface area (Å²) in [6.45, 7) is 11.7. The van der Waals surface area contributed by atoms with Gasteiger partial charge in [-0.2, -0.15) is 0 Å². The molecule has 0 saturated carbocycles. The van der Waals surface area contributed by atoms with Gasteiger partial charge < -0.3 is 53.5 Å². The van der Waals surface area contributed by atoms with Gasteiger partial charge in [-0.25, -0.2) is 9.59 Å².